The number of thiophene rings is 1. The number of benzene rings is 2. The second-order valence-electron chi connectivity index (χ2n) is 8.43. The van der Waals surface area contributed by atoms with Crippen LogP contribution in [0.4, 0.5) is 5.69 Å². The first-order valence-corrected chi connectivity index (χ1v) is 11.8. The average Bonchev–Trinajstić information content (AvgIpc) is 3.41. The van der Waals surface area contributed by atoms with Crippen molar-refractivity contribution >= 4 is 40.4 Å². The van der Waals surface area contributed by atoms with Crippen molar-refractivity contribution in [3.63, 3.8) is 0 Å². The van der Waals surface area contributed by atoms with Crippen molar-refractivity contribution in [1.82, 2.24) is 0 Å². The third-order valence-corrected chi connectivity index (χ3v) is 6.44. The summed E-state index contributed by atoms with van der Waals surface area (Å²) in [4.78, 5) is 40.4. The number of amides is 1. The Bertz CT molecular complexity index is 1240. The van der Waals surface area contributed by atoms with E-state index in [2.05, 4.69) is 0 Å². The van der Waals surface area contributed by atoms with Crippen LogP contribution >= 0.6 is 11.3 Å². The molecule has 1 amide bonds. The maximum atomic E-state index is 13.2. The van der Waals surface area contributed by atoms with Gasteiger partial charge in [0.25, 0.3) is 11.7 Å². The van der Waals surface area contributed by atoms with Crippen LogP contribution in [0.25, 0.3) is 5.76 Å². The zero-order chi connectivity index (χ0) is 24.4. The lowest BCUT2D eigenvalue weighted by Crippen LogP contribution is -2.29. The lowest BCUT2D eigenvalue weighted by molar-refractivity contribution is -0.146. The Labute approximate surface area is 202 Å². The Hall–Kier alpha value is -3.71. The fourth-order valence-corrected chi connectivity index (χ4v) is 4.75. The van der Waals surface area contributed by atoms with Crippen LogP contribution in [-0.2, 0) is 25.5 Å². The first kappa shape index (κ1) is 23.4. The number of hydrogen-bond acceptors (Lipinski definition) is 6. The average molecular weight is 476 g/mol. The monoisotopic (exact) mass is 475 g/mol. The minimum atomic E-state index is -0.752. The Morgan fingerprint density at radius 2 is 1.74 bits per heavy atom. The summed E-state index contributed by atoms with van der Waals surface area (Å²) in [6.45, 7) is 5.51. The number of carbonyl (C=O) groups is 3. The molecule has 2 heterocycles. The number of ether oxygens (including phenoxy) is 1. The summed E-state index contributed by atoms with van der Waals surface area (Å²) in [7, 11) is 0. The largest absolute Gasteiger partial charge is 0.507 e. The van der Waals surface area contributed by atoms with Gasteiger partial charge in [-0.1, -0.05) is 48.0 Å². The van der Waals surface area contributed by atoms with Gasteiger partial charge in [0, 0.05) is 16.1 Å². The first-order chi connectivity index (χ1) is 16.3. The van der Waals surface area contributed by atoms with E-state index in [1.165, 1.54) is 16.2 Å². The molecule has 0 radical (unpaired) electrons. The highest BCUT2D eigenvalue weighted by Gasteiger charge is 2.47. The number of aliphatic hydroxyl groups excluding tert-OH is 1. The van der Waals surface area contributed by atoms with Gasteiger partial charge >= 0.3 is 5.97 Å². The highest BCUT2D eigenvalue weighted by atomic mass is 32.1. The van der Waals surface area contributed by atoms with E-state index < -0.39 is 17.7 Å². The molecular formula is C27H25NO5S. The summed E-state index contributed by atoms with van der Waals surface area (Å²) in [5.74, 6) is -1.98. The number of ketones is 1. The van der Waals surface area contributed by atoms with Gasteiger partial charge in [-0.15, -0.1) is 11.3 Å². The van der Waals surface area contributed by atoms with Gasteiger partial charge in [-0.3, -0.25) is 19.3 Å². The van der Waals surface area contributed by atoms with E-state index in [1.54, 1.807) is 50.2 Å². The molecule has 3 aromatic rings. The molecule has 174 valence electrons. The normalized spacial score (nSPS) is 17.4. The van der Waals surface area contributed by atoms with E-state index >= 15 is 0 Å². The number of esters is 1. The standard InChI is InChI=1S/C27H25NO5S/c1-16(2)33-22(29)15-18-8-12-20(13-9-18)28-24(21-5-4-14-34-21)23(26(31)27(28)32)25(30)19-10-6-17(3)7-11-19/h4-14,16,24,30H,15H2,1-3H3/b25-23-. The number of rotatable bonds is 6. The van der Waals surface area contributed by atoms with Gasteiger partial charge in [-0.25, -0.2) is 0 Å². The molecule has 0 saturated carbocycles. The van der Waals surface area contributed by atoms with Crippen LogP contribution in [-0.4, -0.2) is 28.9 Å². The molecule has 0 spiro atoms. The van der Waals surface area contributed by atoms with Gasteiger partial charge in [0.05, 0.1) is 18.1 Å². The van der Waals surface area contributed by atoms with E-state index in [1.807, 2.05) is 36.6 Å². The number of anilines is 1. The predicted octanol–water partition coefficient (Wildman–Crippen LogP) is 5.18. The fourth-order valence-electron chi connectivity index (χ4n) is 3.93. The summed E-state index contributed by atoms with van der Waals surface area (Å²) in [5, 5.41) is 12.9. The van der Waals surface area contributed by atoms with Gasteiger partial charge in [0.1, 0.15) is 11.8 Å². The first-order valence-electron chi connectivity index (χ1n) is 11.0. The lowest BCUT2D eigenvalue weighted by Gasteiger charge is -2.24. The van der Waals surface area contributed by atoms with E-state index in [4.69, 9.17) is 4.74 Å². The van der Waals surface area contributed by atoms with E-state index in [-0.39, 0.29) is 29.8 Å². The van der Waals surface area contributed by atoms with Crippen molar-refractivity contribution in [1.29, 1.82) is 0 Å². The topological polar surface area (TPSA) is 83.9 Å². The molecule has 1 N–H and O–H groups in total. The van der Waals surface area contributed by atoms with E-state index in [9.17, 15) is 19.5 Å². The Balaban J connectivity index is 1.73. The molecule has 2 aromatic carbocycles. The molecule has 1 unspecified atom stereocenters. The quantitative estimate of drug-likeness (QED) is 0.230. The molecular weight excluding hydrogens is 450 g/mol. The van der Waals surface area contributed by atoms with Gasteiger partial charge in [0.2, 0.25) is 0 Å². The Morgan fingerprint density at radius 1 is 1.06 bits per heavy atom. The van der Waals surface area contributed by atoms with Gasteiger partial charge in [0.15, 0.2) is 0 Å². The number of aliphatic hydroxyl groups is 1. The van der Waals surface area contributed by atoms with E-state index in [0.717, 1.165) is 16.0 Å². The fraction of sp³-hybridized carbons (Fsp3) is 0.222. The van der Waals surface area contributed by atoms with Crippen molar-refractivity contribution in [3.05, 3.63) is 93.2 Å². The number of carbonyl (C=O) groups excluding carboxylic acids is 3. The summed E-state index contributed by atoms with van der Waals surface area (Å²) in [6, 6.07) is 17.0. The third-order valence-electron chi connectivity index (χ3n) is 5.51. The predicted molar refractivity (Wildman–Crippen MR) is 132 cm³/mol. The zero-order valence-corrected chi connectivity index (χ0v) is 20.0. The lowest BCUT2D eigenvalue weighted by atomic mass is 9.99. The highest BCUT2D eigenvalue weighted by molar-refractivity contribution is 7.10. The number of hydrogen-bond donors (Lipinski definition) is 1. The molecule has 1 aromatic heterocycles. The summed E-state index contributed by atoms with van der Waals surface area (Å²) < 4.78 is 5.19. The van der Waals surface area contributed by atoms with Crippen molar-refractivity contribution in [3.8, 4) is 0 Å². The van der Waals surface area contributed by atoms with Crippen molar-refractivity contribution in [2.75, 3.05) is 4.90 Å². The van der Waals surface area contributed by atoms with Crippen LogP contribution in [0.5, 0.6) is 0 Å². The smallest absolute Gasteiger partial charge is 0.310 e. The molecule has 1 fully saturated rings. The molecule has 1 aliphatic heterocycles. The van der Waals surface area contributed by atoms with E-state index in [0.29, 0.717) is 11.3 Å². The molecule has 6 nitrogen and oxygen atoms in total. The molecule has 7 heteroatoms. The summed E-state index contributed by atoms with van der Waals surface area (Å²) in [6.07, 6.45) is -0.0861. The molecule has 0 bridgehead atoms. The third kappa shape index (κ3) is 4.65. The van der Waals surface area contributed by atoms with Crippen molar-refractivity contribution < 1.29 is 24.2 Å². The van der Waals surface area contributed by atoms with Crippen molar-refractivity contribution in [2.45, 2.75) is 39.3 Å². The van der Waals surface area contributed by atoms with Crippen LogP contribution in [0.15, 0.2) is 71.6 Å². The molecule has 0 aliphatic carbocycles. The maximum absolute atomic E-state index is 13.2. The summed E-state index contributed by atoms with van der Waals surface area (Å²) >= 11 is 1.41. The highest BCUT2D eigenvalue weighted by Crippen LogP contribution is 2.43. The minimum Gasteiger partial charge on any atom is -0.507 e. The second kappa shape index (κ2) is 9.65. The van der Waals surface area contributed by atoms with Crippen LogP contribution in [0, 0.1) is 6.92 Å². The SMILES string of the molecule is Cc1ccc(/C(O)=C2/C(=O)C(=O)N(c3ccc(CC(=O)OC(C)C)cc3)C2c2cccs2)cc1. The summed E-state index contributed by atoms with van der Waals surface area (Å²) in [5.41, 5.74) is 2.79. The number of aryl methyl sites for hydroxylation is 1. The van der Waals surface area contributed by atoms with Crippen LogP contribution in [0.2, 0.25) is 0 Å². The van der Waals surface area contributed by atoms with Gasteiger partial charge in [-0.05, 0) is 49.9 Å². The minimum absolute atomic E-state index is 0.0564. The van der Waals surface area contributed by atoms with Crippen LogP contribution in [0.3, 0.4) is 0 Å². The zero-order valence-electron chi connectivity index (χ0n) is 19.1. The maximum Gasteiger partial charge on any atom is 0.310 e. The molecule has 1 atom stereocenters. The number of Topliss-reactive ketones (excluding diaryl/α,β-unsaturated/α-hetero) is 1. The van der Waals surface area contributed by atoms with Crippen LogP contribution in [0.1, 0.15) is 41.5 Å². The van der Waals surface area contributed by atoms with Gasteiger partial charge < -0.3 is 9.84 Å². The molecule has 34 heavy (non-hydrogen) atoms. The molecule has 1 aliphatic rings. The Morgan fingerprint density at radius 3 is 2.32 bits per heavy atom. The van der Waals surface area contributed by atoms with Crippen LogP contribution < -0.4 is 4.90 Å². The van der Waals surface area contributed by atoms with Gasteiger partial charge in [-0.2, -0.15) is 0 Å². The molecule has 4 rings (SSSR count). The second-order valence-corrected chi connectivity index (χ2v) is 9.41. The number of nitrogens with zero attached hydrogens (tertiary/aromatic N) is 1. The Kier molecular flexibility index (Phi) is 6.65. The molecule has 1 saturated heterocycles. The van der Waals surface area contributed by atoms with Crippen molar-refractivity contribution in [2.24, 2.45) is 0 Å².